The third-order valence-corrected chi connectivity index (χ3v) is 2.96. The standard InChI is InChI=1S/C13H21N5O2/c1-13(2,3)20-12(19)18(10-4-6-14-7-5-10)11-16-8-15-9-17-11/h8-10,14H,4-7H2,1-3H3. The zero-order valence-electron chi connectivity index (χ0n) is 12.2. The van der Waals surface area contributed by atoms with Crippen molar-refractivity contribution in [3.63, 3.8) is 0 Å². The fourth-order valence-corrected chi connectivity index (χ4v) is 2.13. The van der Waals surface area contributed by atoms with Gasteiger partial charge in [-0.25, -0.2) is 24.6 Å². The molecule has 7 nitrogen and oxygen atoms in total. The SMILES string of the molecule is CC(C)(C)OC(=O)N(c1ncncn1)C1CCNCC1. The van der Waals surface area contributed by atoms with E-state index in [1.165, 1.54) is 12.7 Å². The average molecular weight is 279 g/mol. The van der Waals surface area contributed by atoms with Crippen LogP contribution in [0.4, 0.5) is 10.7 Å². The Morgan fingerprint density at radius 3 is 2.45 bits per heavy atom. The van der Waals surface area contributed by atoms with Gasteiger partial charge in [0.05, 0.1) is 0 Å². The molecule has 0 radical (unpaired) electrons. The van der Waals surface area contributed by atoms with Crippen LogP contribution in [0.3, 0.4) is 0 Å². The Morgan fingerprint density at radius 2 is 1.90 bits per heavy atom. The van der Waals surface area contributed by atoms with E-state index in [9.17, 15) is 4.79 Å². The molecule has 1 N–H and O–H groups in total. The van der Waals surface area contributed by atoms with Crippen molar-refractivity contribution < 1.29 is 9.53 Å². The first kappa shape index (κ1) is 14.6. The van der Waals surface area contributed by atoms with Gasteiger partial charge in [0.2, 0.25) is 5.95 Å². The molecule has 1 fully saturated rings. The topological polar surface area (TPSA) is 80.2 Å². The van der Waals surface area contributed by atoms with Gasteiger partial charge >= 0.3 is 6.09 Å². The van der Waals surface area contributed by atoms with E-state index >= 15 is 0 Å². The fraction of sp³-hybridized carbons (Fsp3) is 0.692. The van der Waals surface area contributed by atoms with Crippen LogP contribution in [0.15, 0.2) is 12.7 Å². The van der Waals surface area contributed by atoms with Gasteiger partial charge in [0.1, 0.15) is 18.3 Å². The van der Waals surface area contributed by atoms with Crippen LogP contribution in [-0.2, 0) is 4.74 Å². The number of nitrogens with zero attached hydrogens (tertiary/aromatic N) is 4. The van der Waals surface area contributed by atoms with Crippen LogP contribution in [-0.4, -0.2) is 45.8 Å². The molecule has 7 heteroatoms. The molecule has 1 aromatic rings. The van der Waals surface area contributed by atoms with Crippen molar-refractivity contribution in [1.82, 2.24) is 20.3 Å². The first-order valence-corrected chi connectivity index (χ1v) is 6.82. The van der Waals surface area contributed by atoms with Crippen LogP contribution < -0.4 is 10.2 Å². The van der Waals surface area contributed by atoms with E-state index in [-0.39, 0.29) is 6.04 Å². The number of nitrogens with one attached hydrogen (secondary N) is 1. The number of hydrogen-bond donors (Lipinski definition) is 1. The summed E-state index contributed by atoms with van der Waals surface area (Å²) in [6.45, 7) is 7.28. The Balaban J connectivity index is 2.22. The lowest BCUT2D eigenvalue weighted by molar-refractivity contribution is 0.0556. The second-order valence-corrected chi connectivity index (χ2v) is 5.77. The average Bonchev–Trinajstić information content (AvgIpc) is 2.39. The predicted molar refractivity (Wildman–Crippen MR) is 74.4 cm³/mol. The second kappa shape index (κ2) is 6.13. The molecule has 1 amide bonds. The number of ether oxygens (including phenoxy) is 1. The maximum Gasteiger partial charge on any atom is 0.417 e. The van der Waals surface area contributed by atoms with Gasteiger partial charge in [-0.1, -0.05) is 0 Å². The molecule has 1 aliphatic heterocycles. The van der Waals surface area contributed by atoms with Crippen LogP contribution in [0.5, 0.6) is 0 Å². The first-order valence-electron chi connectivity index (χ1n) is 6.82. The number of rotatable bonds is 2. The number of amides is 1. The van der Waals surface area contributed by atoms with E-state index in [4.69, 9.17) is 4.74 Å². The molecule has 2 heterocycles. The Kier molecular flexibility index (Phi) is 4.49. The summed E-state index contributed by atoms with van der Waals surface area (Å²) < 4.78 is 5.47. The van der Waals surface area contributed by atoms with Gasteiger partial charge < -0.3 is 10.1 Å². The van der Waals surface area contributed by atoms with E-state index < -0.39 is 11.7 Å². The maximum atomic E-state index is 12.4. The van der Waals surface area contributed by atoms with Gasteiger partial charge in [0, 0.05) is 6.04 Å². The highest BCUT2D eigenvalue weighted by atomic mass is 16.6. The Labute approximate surface area is 118 Å². The van der Waals surface area contributed by atoms with Gasteiger partial charge in [-0.05, 0) is 46.7 Å². The molecule has 0 aliphatic carbocycles. The lowest BCUT2D eigenvalue weighted by Crippen LogP contribution is -2.48. The van der Waals surface area contributed by atoms with Gasteiger partial charge in [0.15, 0.2) is 0 Å². The Bertz CT molecular complexity index is 440. The molecule has 2 rings (SSSR count). The number of aromatic nitrogens is 3. The van der Waals surface area contributed by atoms with E-state index in [1.807, 2.05) is 20.8 Å². The zero-order valence-corrected chi connectivity index (χ0v) is 12.2. The minimum absolute atomic E-state index is 0.0495. The highest BCUT2D eigenvalue weighted by molar-refractivity contribution is 5.86. The number of piperidine rings is 1. The van der Waals surface area contributed by atoms with E-state index in [1.54, 1.807) is 4.90 Å². The predicted octanol–water partition coefficient (Wildman–Crippen LogP) is 1.37. The monoisotopic (exact) mass is 279 g/mol. The van der Waals surface area contributed by atoms with Gasteiger partial charge in [-0.15, -0.1) is 0 Å². The lowest BCUT2D eigenvalue weighted by Gasteiger charge is -2.34. The van der Waals surface area contributed by atoms with Crippen LogP contribution in [0.25, 0.3) is 0 Å². The molecule has 1 saturated heterocycles. The van der Waals surface area contributed by atoms with Crippen molar-refractivity contribution in [1.29, 1.82) is 0 Å². The summed E-state index contributed by atoms with van der Waals surface area (Å²) in [6.07, 6.45) is 4.08. The quantitative estimate of drug-likeness (QED) is 0.880. The van der Waals surface area contributed by atoms with E-state index in [0.29, 0.717) is 5.95 Å². The molecule has 0 atom stereocenters. The van der Waals surface area contributed by atoms with Crippen molar-refractivity contribution in [2.24, 2.45) is 0 Å². The Hall–Kier alpha value is -1.76. The van der Waals surface area contributed by atoms with Crippen molar-refractivity contribution in [2.75, 3.05) is 18.0 Å². The number of carbonyl (C=O) groups excluding carboxylic acids is 1. The van der Waals surface area contributed by atoms with Gasteiger partial charge in [0.25, 0.3) is 0 Å². The number of hydrogen-bond acceptors (Lipinski definition) is 6. The molecular weight excluding hydrogens is 258 g/mol. The second-order valence-electron chi connectivity index (χ2n) is 5.77. The van der Waals surface area contributed by atoms with Crippen LogP contribution in [0.2, 0.25) is 0 Å². The summed E-state index contributed by atoms with van der Waals surface area (Å²) in [6, 6.07) is 0.0495. The molecule has 110 valence electrons. The van der Waals surface area contributed by atoms with Crippen LogP contribution in [0, 0.1) is 0 Å². The third kappa shape index (κ3) is 3.86. The first-order chi connectivity index (χ1) is 9.47. The normalized spacial score (nSPS) is 16.8. The molecule has 20 heavy (non-hydrogen) atoms. The van der Waals surface area contributed by atoms with Crippen LogP contribution >= 0.6 is 0 Å². The highest BCUT2D eigenvalue weighted by Crippen LogP contribution is 2.20. The summed E-state index contributed by atoms with van der Waals surface area (Å²) in [5, 5.41) is 3.28. The Morgan fingerprint density at radius 1 is 1.30 bits per heavy atom. The number of carbonyl (C=O) groups is 1. The summed E-state index contributed by atoms with van der Waals surface area (Å²) in [5.41, 5.74) is -0.546. The van der Waals surface area contributed by atoms with Crippen molar-refractivity contribution in [2.45, 2.75) is 45.3 Å². The lowest BCUT2D eigenvalue weighted by atomic mass is 10.1. The van der Waals surface area contributed by atoms with Gasteiger partial charge in [-0.2, -0.15) is 0 Å². The molecule has 0 aromatic carbocycles. The van der Waals surface area contributed by atoms with Crippen molar-refractivity contribution >= 4 is 12.0 Å². The molecule has 0 bridgehead atoms. The smallest absolute Gasteiger partial charge is 0.417 e. The van der Waals surface area contributed by atoms with Crippen molar-refractivity contribution in [3.8, 4) is 0 Å². The van der Waals surface area contributed by atoms with E-state index in [2.05, 4.69) is 20.3 Å². The van der Waals surface area contributed by atoms with Gasteiger partial charge in [-0.3, -0.25) is 0 Å². The summed E-state index contributed by atoms with van der Waals surface area (Å²) in [7, 11) is 0. The zero-order chi connectivity index (χ0) is 14.6. The molecule has 1 aromatic heterocycles. The minimum atomic E-state index is -0.546. The van der Waals surface area contributed by atoms with Crippen molar-refractivity contribution in [3.05, 3.63) is 12.7 Å². The summed E-state index contributed by atoms with van der Waals surface area (Å²) in [4.78, 5) is 26.0. The van der Waals surface area contributed by atoms with Crippen LogP contribution in [0.1, 0.15) is 33.6 Å². The number of anilines is 1. The fourth-order valence-electron chi connectivity index (χ4n) is 2.13. The summed E-state index contributed by atoms with van der Waals surface area (Å²) in [5.74, 6) is 0.348. The molecule has 0 saturated carbocycles. The molecular formula is C13H21N5O2. The maximum absolute atomic E-state index is 12.4. The highest BCUT2D eigenvalue weighted by Gasteiger charge is 2.32. The molecule has 1 aliphatic rings. The molecule has 0 spiro atoms. The minimum Gasteiger partial charge on any atom is -0.443 e. The largest absolute Gasteiger partial charge is 0.443 e. The third-order valence-electron chi connectivity index (χ3n) is 2.96. The summed E-state index contributed by atoms with van der Waals surface area (Å²) >= 11 is 0. The van der Waals surface area contributed by atoms with E-state index in [0.717, 1.165) is 25.9 Å². The molecule has 0 unspecified atom stereocenters.